The molecule has 1 aromatic heterocycles. The normalized spacial score (nSPS) is 10.3. The summed E-state index contributed by atoms with van der Waals surface area (Å²) in [5, 5.41) is 24.8. The quantitative estimate of drug-likeness (QED) is 0.603. The van der Waals surface area contributed by atoms with Gasteiger partial charge < -0.3 is 10.0 Å². The molecule has 15 heavy (non-hydrogen) atoms. The smallest absolute Gasteiger partial charge is 0.423 e. The van der Waals surface area contributed by atoms with Gasteiger partial charge in [0.1, 0.15) is 0 Å². The minimum Gasteiger partial charge on any atom is -0.423 e. The van der Waals surface area contributed by atoms with Crippen molar-refractivity contribution in [3.05, 3.63) is 36.0 Å². The Morgan fingerprint density at radius 3 is 2.33 bits per heavy atom. The van der Waals surface area contributed by atoms with Crippen LogP contribution >= 0.6 is 0 Å². The standard InChI is InChI=1S/C10H11BN2O2/c1-7-6-10(13-12-7)8-2-4-9(5-3-8)11(14)15/h2-6,14-15H,1H3,(H,12,13). The van der Waals surface area contributed by atoms with Gasteiger partial charge in [-0.2, -0.15) is 5.10 Å². The molecular formula is C10H11BN2O2. The number of aryl methyl sites for hydroxylation is 1. The lowest BCUT2D eigenvalue weighted by molar-refractivity contribution is 0.426. The summed E-state index contributed by atoms with van der Waals surface area (Å²) in [5.74, 6) is 0. The number of nitrogens with zero attached hydrogens (tertiary/aromatic N) is 1. The molecule has 1 heterocycles. The molecule has 0 saturated heterocycles. The summed E-state index contributed by atoms with van der Waals surface area (Å²) < 4.78 is 0. The van der Waals surface area contributed by atoms with Gasteiger partial charge in [0.2, 0.25) is 0 Å². The minimum absolute atomic E-state index is 0.478. The number of aromatic amines is 1. The Labute approximate surface area is 87.7 Å². The van der Waals surface area contributed by atoms with Crippen molar-refractivity contribution >= 4 is 12.6 Å². The van der Waals surface area contributed by atoms with Gasteiger partial charge in [-0.3, -0.25) is 5.10 Å². The fourth-order valence-electron chi connectivity index (χ4n) is 1.39. The van der Waals surface area contributed by atoms with Crippen LogP contribution in [0.1, 0.15) is 5.69 Å². The molecule has 0 unspecified atom stereocenters. The molecule has 0 atom stereocenters. The molecule has 2 aromatic rings. The molecule has 5 heteroatoms. The van der Waals surface area contributed by atoms with Crippen molar-refractivity contribution in [2.45, 2.75) is 6.92 Å². The number of hydrogen-bond donors (Lipinski definition) is 3. The first-order chi connectivity index (χ1) is 7.16. The van der Waals surface area contributed by atoms with Gasteiger partial charge in [0, 0.05) is 11.3 Å². The number of H-pyrrole nitrogens is 1. The number of aromatic nitrogens is 2. The van der Waals surface area contributed by atoms with Crippen LogP contribution < -0.4 is 5.46 Å². The van der Waals surface area contributed by atoms with Crippen LogP contribution in [-0.4, -0.2) is 27.4 Å². The van der Waals surface area contributed by atoms with E-state index < -0.39 is 7.12 Å². The van der Waals surface area contributed by atoms with Crippen molar-refractivity contribution in [3.63, 3.8) is 0 Å². The largest absolute Gasteiger partial charge is 0.488 e. The van der Waals surface area contributed by atoms with Gasteiger partial charge in [-0.15, -0.1) is 0 Å². The minimum atomic E-state index is -1.42. The van der Waals surface area contributed by atoms with Crippen molar-refractivity contribution in [2.75, 3.05) is 0 Å². The van der Waals surface area contributed by atoms with E-state index in [4.69, 9.17) is 10.0 Å². The Hall–Kier alpha value is -1.59. The third kappa shape index (κ3) is 2.08. The molecule has 76 valence electrons. The molecule has 0 radical (unpaired) electrons. The number of rotatable bonds is 2. The maximum absolute atomic E-state index is 8.92. The van der Waals surface area contributed by atoms with Crippen LogP contribution in [0, 0.1) is 6.92 Å². The Morgan fingerprint density at radius 2 is 1.87 bits per heavy atom. The van der Waals surface area contributed by atoms with Gasteiger partial charge >= 0.3 is 7.12 Å². The highest BCUT2D eigenvalue weighted by Gasteiger charge is 2.10. The topological polar surface area (TPSA) is 69.1 Å². The predicted molar refractivity (Wildman–Crippen MR) is 58.6 cm³/mol. The fourth-order valence-corrected chi connectivity index (χ4v) is 1.39. The van der Waals surface area contributed by atoms with Crippen molar-refractivity contribution in [1.82, 2.24) is 10.2 Å². The monoisotopic (exact) mass is 202 g/mol. The Kier molecular flexibility index (Phi) is 2.57. The summed E-state index contributed by atoms with van der Waals surface area (Å²) in [6.45, 7) is 1.93. The third-order valence-corrected chi connectivity index (χ3v) is 2.21. The number of benzene rings is 1. The lowest BCUT2D eigenvalue weighted by atomic mass is 9.80. The highest BCUT2D eigenvalue weighted by molar-refractivity contribution is 6.58. The van der Waals surface area contributed by atoms with Crippen molar-refractivity contribution in [2.24, 2.45) is 0 Å². The second kappa shape index (κ2) is 3.88. The summed E-state index contributed by atoms with van der Waals surface area (Å²) >= 11 is 0. The average Bonchev–Trinajstić information content (AvgIpc) is 2.65. The van der Waals surface area contributed by atoms with Crippen molar-refractivity contribution in [1.29, 1.82) is 0 Å². The summed E-state index contributed by atoms with van der Waals surface area (Å²) in [7, 11) is -1.42. The van der Waals surface area contributed by atoms with E-state index in [9.17, 15) is 0 Å². The Balaban J connectivity index is 2.31. The maximum atomic E-state index is 8.92. The first kappa shape index (κ1) is 9.95. The first-order valence-corrected chi connectivity index (χ1v) is 4.65. The average molecular weight is 202 g/mol. The Bertz CT molecular complexity index is 451. The van der Waals surface area contributed by atoms with E-state index in [1.165, 1.54) is 0 Å². The van der Waals surface area contributed by atoms with E-state index in [0.717, 1.165) is 17.0 Å². The molecule has 0 aliphatic heterocycles. The van der Waals surface area contributed by atoms with Crippen LogP contribution in [0.2, 0.25) is 0 Å². The predicted octanol–water partition coefficient (Wildman–Crippen LogP) is 0.0649. The van der Waals surface area contributed by atoms with Crippen LogP contribution in [0.15, 0.2) is 30.3 Å². The zero-order valence-corrected chi connectivity index (χ0v) is 8.31. The summed E-state index contributed by atoms with van der Waals surface area (Å²) in [4.78, 5) is 0. The molecule has 0 saturated carbocycles. The van der Waals surface area contributed by atoms with Gasteiger partial charge in [-0.05, 0) is 18.5 Å². The molecule has 4 nitrogen and oxygen atoms in total. The first-order valence-electron chi connectivity index (χ1n) is 4.65. The zero-order valence-electron chi connectivity index (χ0n) is 8.31. The second-order valence-corrected chi connectivity index (χ2v) is 3.43. The Morgan fingerprint density at radius 1 is 1.20 bits per heavy atom. The third-order valence-electron chi connectivity index (χ3n) is 2.21. The van der Waals surface area contributed by atoms with E-state index in [-0.39, 0.29) is 0 Å². The van der Waals surface area contributed by atoms with Gasteiger partial charge in [-0.25, -0.2) is 0 Å². The van der Waals surface area contributed by atoms with Crippen molar-refractivity contribution < 1.29 is 10.0 Å². The second-order valence-electron chi connectivity index (χ2n) is 3.43. The van der Waals surface area contributed by atoms with Gasteiger partial charge in [0.15, 0.2) is 0 Å². The highest BCUT2D eigenvalue weighted by Crippen LogP contribution is 2.15. The molecule has 0 spiro atoms. The van der Waals surface area contributed by atoms with E-state index in [0.29, 0.717) is 5.46 Å². The summed E-state index contributed by atoms with van der Waals surface area (Å²) in [6, 6.07) is 8.90. The zero-order chi connectivity index (χ0) is 10.8. The maximum Gasteiger partial charge on any atom is 0.488 e. The summed E-state index contributed by atoms with van der Waals surface area (Å²) in [6.07, 6.45) is 0. The SMILES string of the molecule is Cc1cc(-c2ccc(B(O)O)cc2)n[nH]1. The van der Waals surface area contributed by atoms with Gasteiger partial charge in [0.05, 0.1) is 5.69 Å². The molecule has 0 aliphatic rings. The fraction of sp³-hybridized carbons (Fsp3) is 0.100. The van der Waals surface area contributed by atoms with Crippen LogP contribution in [0.3, 0.4) is 0 Å². The van der Waals surface area contributed by atoms with E-state index in [1.807, 2.05) is 25.1 Å². The molecule has 0 fully saturated rings. The molecular weight excluding hydrogens is 191 g/mol. The van der Waals surface area contributed by atoms with E-state index >= 15 is 0 Å². The van der Waals surface area contributed by atoms with Gasteiger partial charge in [0.25, 0.3) is 0 Å². The highest BCUT2D eigenvalue weighted by atomic mass is 16.4. The van der Waals surface area contributed by atoms with Crippen LogP contribution in [0.25, 0.3) is 11.3 Å². The number of hydrogen-bond acceptors (Lipinski definition) is 3. The molecule has 0 bridgehead atoms. The van der Waals surface area contributed by atoms with Gasteiger partial charge in [-0.1, -0.05) is 24.3 Å². The molecule has 0 amide bonds. The molecule has 0 aliphatic carbocycles. The van der Waals surface area contributed by atoms with Crippen molar-refractivity contribution in [3.8, 4) is 11.3 Å². The van der Waals surface area contributed by atoms with Crippen LogP contribution in [0.4, 0.5) is 0 Å². The van der Waals surface area contributed by atoms with E-state index in [2.05, 4.69) is 10.2 Å². The van der Waals surface area contributed by atoms with Crippen LogP contribution in [-0.2, 0) is 0 Å². The van der Waals surface area contributed by atoms with Crippen LogP contribution in [0.5, 0.6) is 0 Å². The molecule has 1 aromatic carbocycles. The molecule has 2 rings (SSSR count). The lowest BCUT2D eigenvalue weighted by Gasteiger charge is -2.00. The lowest BCUT2D eigenvalue weighted by Crippen LogP contribution is -2.29. The molecule has 3 N–H and O–H groups in total. The number of nitrogens with one attached hydrogen (secondary N) is 1. The summed E-state index contributed by atoms with van der Waals surface area (Å²) in [5.41, 5.74) is 3.28. The van der Waals surface area contributed by atoms with E-state index in [1.54, 1.807) is 12.1 Å².